The molecule has 0 bridgehead atoms. The molecule has 2 fully saturated rings. The second kappa shape index (κ2) is 7.96. The molecule has 0 saturated heterocycles. The molecule has 2 saturated carbocycles. The molecular formula is C17H33NO2S. The summed E-state index contributed by atoms with van der Waals surface area (Å²) in [7, 11) is -2.87. The monoisotopic (exact) mass is 315 g/mol. The van der Waals surface area contributed by atoms with Crippen LogP contribution in [0.3, 0.4) is 0 Å². The fourth-order valence-corrected chi connectivity index (χ4v) is 5.61. The third-order valence-electron chi connectivity index (χ3n) is 5.62. The summed E-state index contributed by atoms with van der Waals surface area (Å²) in [6.45, 7) is 3.17. The SMILES string of the molecule is CCNC(CC1CCCCC1)C1CCCC(S(C)(=O)=O)C1. The molecule has 2 aliphatic carbocycles. The Balaban J connectivity index is 1.96. The molecule has 0 aromatic heterocycles. The summed E-state index contributed by atoms with van der Waals surface area (Å²) in [5.74, 6) is 1.42. The lowest BCUT2D eigenvalue weighted by molar-refractivity contribution is 0.215. The Hall–Kier alpha value is -0.0900. The summed E-state index contributed by atoms with van der Waals surface area (Å²) >= 11 is 0. The van der Waals surface area contributed by atoms with Gasteiger partial charge in [-0.2, -0.15) is 0 Å². The minimum Gasteiger partial charge on any atom is -0.314 e. The van der Waals surface area contributed by atoms with Gasteiger partial charge in [-0.1, -0.05) is 45.4 Å². The maximum atomic E-state index is 11.9. The van der Waals surface area contributed by atoms with Crippen molar-refractivity contribution in [3.05, 3.63) is 0 Å². The fourth-order valence-electron chi connectivity index (χ4n) is 4.42. The van der Waals surface area contributed by atoms with Crippen molar-refractivity contribution in [3.8, 4) is 0 Å². The third-order valence-corrected chi connectivity index (χ3v) is 7.26. The van der Waals surface area contributed by atoms with E-state index in [2.05, 4.69) is 12.2 Å². The van der Waals surface area contributed by atoms with E-state index in [0.29, 0.717) is 12.0 Å². The molecule has 2 rings (SSSR count). The van der Waals surface area contributed by atoms with E-state index in [-0.39, 0.29) is 5.25 Å². The highest BCUT2D eigenvalue weighted by atomic mass is 32.2. The first-order valence-electron chi connectivity index (χ1n) is 8.93. The second-order valence-electron chi connectivity index (χ2n) is 7.28. The van der Waals surface area contributed by atoms with Crippen LogP contribution in [0.5, 0.6) is 0 Å². The van der Waals surface area contributed by atoms with Crippen molar-refractivity contribution in [3.63, 3.8) is 0 Å². The van der Waals surface area contributed by atoms with Gasteiger partial charge in [-0.05, 0) is 44.1 Å². The average molecular weight is 316 g/mol. The van der Waals surface area contributed by atoms with Gasteiger partial charge in [-0.25, -0.2) is 8.42 Å². The van der Waals surface area contributed by atoms with E-state index in [4.69, 9.17) is 0 Å². The van der Waals surface area contributed by atoms with Crippen LogP contribution < -0.4 is 5.32 Å². The van der Waals surface area contributed by atoms with E-state index in [1.54, 1.807) is 0 Å². The Kier molecular flexibility index (Phi) is 6.54. The van der Waals surface area contributed by atoms with Gasteiger partial charge in [0.05, 0.1) is 5.25 Å². The summed E-state index contributed by atoms with van der Waals surface area (Å²) in [6.07, 6.45) is 13.7. The van der Waals surface area contributed by atoms with Crippen molar-refractivity contribution < 1.29 is 8.42 Å². The zero-order valence-electron chi connectivity index (χ0n) is 13.8. The normalized spacial score (nSPS) is 30.2. The summed E-state index contributed by atoms with van der Waals surface area (Å²) in [5, 5.41) is 3.58. The van der Waals surface area contributed by atoms with Crippen LogP contribution in [-0.2, 0) is 9.84 Å². The van der Waals surface area contributed by atoms with Crippen LogP contribution in [0.15, 0.2) is 0 Å². The van der Waals surface area contributed by atoms with Crippen molar-refractivity contribution in [1.29, 1.82) is 0 Å². The summed E-state index contributed by atoms with van der Waals surface area (Å²) < 4.78 is 23.8. The first kappa shape index (κ1) is 17.3. The van der Waals surface area contributed by atoms with E-state index in [0.717, 1.165) is 31.7 Å². The summed E-state index contributed by atoms with van der Waals surface area (Å²) in [5.41, 5.74) is 0. The number of sulfone groups is 1. The number of hydrogen-bond donors (Lipinski definition) is 1. The Labute approximate surface area is 131 Å². The molecule has 3 nitrogen and oxygen atoms in total. The Morgan fingerprint density at radius 3 is 2.38 bits per heavy atom. The molecule has 1 N–H and O–H groups in total. The van der Waals surface area contributed by atoms with Crippen molar-refractivity contribution in [2.75, 3.05) is 12.8 Å². The zero-order valence-corrected chi connectivity index (χ0v) is 14.6. The number of nitrogens with one attached hydrogen (secondary N) is 1. The number of rotatable bonds is 6. The molecule has 3 unspecified atom stereocenters. The van der Waals surface area contributed by atoms with Crippen molar-refractivity contribution >= 4 is 9.84 Å². The molecule has 0 aliphatic heterocycles. The Morgan fingerprint density at radius 2 is 1.76 bits per heavy atom. The van der Waals surface area contributed by atoms with Crippen LogP contribution >= 0.6 is 0 Å². The highest BCUT2D eigenvalue weighted by Crippen LogP contribution is 2.35. The molecule has 3 atom stereocenters. The van der Waals surface area contributed by atoms with Crippen LogP contribution in [0, 0.1) is 11.8 Å². The third kappa shape index (κ3) is 5.24. The maximum Gasteiger partial charge on any atom is 0.150 e. The molecule has 0 heterocycles. The molecule has 124 valence electrons. The molecule has 21 heavy (non-hydrogen) atoms. The molecule has 0 amide bonds. The maximum absolute atomic E-state index is 11.9. The Morgan fingerprint density at radius 1 is 1.05 bits per heavy atom. The lowest BCUT2D eigenvalue weighted by Gasteiger charge is -2.36. The molecule has 2 aliphatic rings. The molecule has 0 aromatic carbocycles. The first-order chi connectivity index (χ1) is 10.0. The smallest absolute Gasteiger partial charge is 0.150 e. The average Bonchev–Trinajstić information content (AvgIpc) is 2.47. The molecule has 0 aromatic rings. The van der Waals surface area contributed by atoms with Gasteiger partial charge in [0.1, 0.15) is 9.84 Å². The fraction of sp³-hybridized carbons (Fsp3) is 1.00. The van der Waals surface area contributed by atoms with Gasteiger partial charge in [-0.3, -0.25) is 0 Å². The van der Waals surface area contributed by atoms with Gasteiger partial charge in [0.25, 0.3) is 0 Å². The highest BCUT2D eigenvalue weighted by molar-refractivity contribution is 7.91. The van der Waals surface area contributed by atoms with E-state index in [1.165, 1.54) is 51.2 Å². The lowest BCUT2D eigenvalue weighted by atomic mass is 9.77. The topological polar surface area (TPSA) is 46.2 Å². The van der Waals surface area contributed by atoms with Gasteiger partial charge in [-0.15, -0.1) is 0 Å². The van der Waals surface area contributed by atoms with E-state index in [9.17, 15) is 8.42 Å². The quantitative estimate of drug-likeness (QED) is 0.815. The largest absolute Gasteiger partial charge is 0.314 e. The van der Waals surface area contributed by atoms with Crippen LogP contribution in [0.4, 0.5) is 0 Å². The molecule has 4 heteroatoms. The first-order valence-corrected chi connectivity index (χ1v) is 10.9. The summed E-state index contributed by atoms with van der Waals surface area (Å²) in [4.78, 5) is 0. The van der Waals surface area contributed by atoms with Crippen LogP contribution in [0.25, 0.3) is 0 Å². The minimum atomic E-state index is -2.87. The minimum absolute atomic E-state index is 0.0937. The van der Waals surface area contributed by atoms with Crippen LogP contribution in [0.1, 0.15) is 71.1 Å². The molecule has 0 spiro atoms. The molecule has 0 radical (unpaired) electrons. The van der Waals surface area contributed by atoms with Crippen molar-refractivity contribution in [2.24, 2.45) is 11.8 Å². The van der Waals surface area contributed by atoms with E-state index >= 15 is 0 Å². The number of hydrogen-bond acceptors (Lipinski definition) is 3. The van der Waals surface area contributed by atoms with Crippen molar-refractivity contribution in [1.82, 2.24) is 5.32 Å². The van der Waals surface area contributed by atoms with Gasteiger partial charge in [0.15, 0.2) is 0 Å². The lowest BCUT2D eigenvalue weighted by Crippen LogP contribution is -2.42. The highest BCUT2D eigenvalue weighted by Gasteiger charge is 2.33. The molecular weight excluding hydrogens is 282 g/mol. The van der Waals surface area contributed by atoms with Gasteiger partial charge in [0, 0.05) is 12.3 Å². The van der Waals surface area contributed by atoms with Gasteiger partial charge in [0.2, 0.25) is 0 Å². The second-order valence-corrected chi connectivity index (χ2v) is 9.61. The van der Waals surface area contributed by atoms with Crippen LogP contribution in [0.2, 0.25) is 0 Å². The predicted molar refractivity (Wildman–Crippen MR) is 89.2 cm³/mol. The predicted octanol–water partition coefficient (Wildman–Crippen LogP) is 3.54. The zero-order chi connectivity index (χ0) is 15.3. The van der Waals surface area contributed by atoms with Gasteiger partial charge >= 0.3 is 0 Å². The van der Waals surface area contributed by atoms with E-state index < -0.39 is 9.84 Å². The van der Waals surface area contributed by atoms with Crippen LogP contribution in [-0.4, -0.2) is 32.5 Å². The summed E-state index contributed by atoms with van der Waals surface area (Å²) in [6, 6.07) is 0.530. The van der Waals surface area contributed by atoms with Gasteiger partial charge < -0.3 is 5.32 Å². The van der Waals surface area contributed by atoms with E-state index in [1.807, 2.05) is 0 Å². The van der Waals surface area contributed by atoms with Crippen molar-refractivity contribution in [2.45, 2.75) is 82.4 Å². The Bertz CT molecular complexity index is 401. The standard InChI is InChI=1S/C17H33NO2S/c1-3-18-17(12-14-8-5-4-6-9-14)15-10-7-11-16(13-15)21(2,19)20/h14-18H,3-13H2,1-2H3.